The Morgan fingerprint density at radius 3 is 2.52 bits per heavy atom. The molecule has 3 rings (SSSR count). The van der Waals surface area contributed by atoms with Crippen molar-refractivity contribution in [1.29, 1.82) is 0 Å². The molecule has 0 fully saturated rings. The maximum absolute atomic E-state index is 12.6. The lowest BCUT2D eigenvalue weighted by molar-refractivity contribution is 0.00112. The monoisotopic (exact) mass is 283 g/mol. The Morgan fingerprint density at radius 2 is 1.86 bits per heavy atom. The Labute approximate surface area is 123 Å². The second kappa shape index (κ2) is 4.55. The number of imidazole rings is 1. The molecule has 108 valence electrons. The van der Waals surface area contributed by atoms with E-state index in [1.54, 1.807) is 24.0 Å². The number of carbonyl (C=O) groups is 1. The molecule has 0 amide bonds. The van der Waals surface area contributed by atoms with Crippen LogP contribution in [0.15, 0.2) is 35.7 Å². The molecule has 1 aliphatic carbocycles. The van der Waals surface area contributed by atoms with Gasteiger partial charge < -0.3 is 9.40 Å². The number of oxime groups is 1. The van der Waals surface area contributed by atoms with Crippen molar-refractivity contribution in [1.82, 2.24) is 9.55 Å². The van der Waals surface area contributed by atoms with Crippen molar-refractivity contribution in [2.75, 3.05) is 0 Å². The van der Waals surface area contributed by atoms with Crippen molar-refractivity contribution >= 4 is 11.5 Å². The van der Waals surface area contributed by atoms with Crippen LogP contribution in [0.2, 0.25) is 0 Å². The number of benzene rings is 1. The van der Waals surface area contributed by atoms with Crippen LogP contribution in [0.1, 0.15) is 48.1 Å². The van der Waals surface area contributed by atoms with Gasteiger partial charge in [-0.2, -0.15) is 0 Å². The Morgan fingerprint density at radius 1 is 1.19 bits per heavy atom. The van der Waals surface area contributed by atoms with E-state index in [9.17, 15) is 4.79 Å². The summed E-state index contributed by atoms with van der Waals surface area (Å²) in [5, 5.41) is 4.27. The van der Waals surface area contributed by atoms with Crippen LogP contribution in [-0.2, 0) is 11.9 Å². The van der Waals surface area contributed by atoms with Crippen molar-refractivity contribution < 1.29 is 9.63 Å². The van der Waals surface area contributed by atoms with E-state index in [2.05, 4.69) is 10.1 Å². The predicted molar refractivity (Wildman–Crippen MR) is 79.6 cm³/mol. The fourth-order valence-corrected chi connectivity index (χ4v) is 2.29. The zero-order valence-corrected chi connectivity index (χ0v) is 12.5. The molecule has 1 aliphatic rings. The summed E-state index contributed by atoms with van der Waals surface area (Å²) in [4.78, 5) is 22.5. The topological polar surface area (TPSA) is 56.5 Å². The van der Waals surface area contributed by atoms with Gasteiger partial charge in [0.15, 0.2) is 0 Å². The second-order valence-electron chi connectivity index (χ2n) is 6.07. The van der Waals surface area contributed by atoms with Crippen LogP contribution >= 0.6 is 0 Å². The second-order valence-corrected chi connectivity index (χ2v) is 6.07. The first-order valence-corrected chi connectivity index (χ1v) is 6.80. The van der Waals surface area contributed by atoms with Crippen LogP contribution in [-0.4, -0.2) is 26.6 Å². The highest BCUT2D eigenvalue weighted by Crippen LogP contribution is 2.27. The minimum absolute atomic E-state index is 0.0321. The lowest BCUT2D eigenvalue weighted by Crippen LogP contribution is -2.25. The third-order valence-electron chi connectivity index (χ3n) is 3.21. The highest BCUT2D eigenvalue weighted by atomic mass is 16.6. The molecule has 21 heavy (non-hydrogen) atoms. The summed E-state index contributed by atoms with van der Waals surface area (Å²) in [6, 6.07) is 7.41. The molecular weight excluding hydrogens is 266 g/mol. The van der Waals surface area contributed by atoms with E-state index in [-0.39, 0.29) is 5.78 Å². The average molecular weight is 283 g/mol. The highest BCUT2D eigenvalue weighted by molar-refractivity contribution is 6.28. The first-order chi connectivity index (χ1) is 9.88. The minimum atomic E-state index is -0.404. The molecule has 5 heteroatoms. The van der Waals surface area contributed by atoms with E-state index in [4.69, 9.17) is 4.84 Å². The molecule has 1 aromatic carbocycles. The first kappa shape index (κ1) is 13.5. The van der Waals surface area contributed by atoms with Gasteiger partial charge in [0.1, 0.15) is 22.7 Å². The highest BCUT2D eigenvalue weighted by Gasteiger charge is 2.32. The number of hydrogen-bond acceptors (Lipinski definition) is 4. The Balaban J connectivity index is 2.21. The van der Waals surface area contributed by atoms with Crippen LogP contribution < -0.4 is 0 Å². The molecule has 0 saturated carbocycles. The van der Waals surface area contributed by atoms with Crippen LogP contribution in [0.25, 0.3) is 0 Å². The summed E-state index contributed by atoms with van der Waals surface area (Å²) in [7, 11) is 1.81. The average Bonchev–Trinajstić information content (AvgIpc) is 2.80. The fourth-order valence-electron chi connectivity index (χ4n) is 2.29. The van der Waals surface area contributed by atoms with Crippen LogP contribution in [0.4, 0.5) is 0 Å². The van der Waals surface area contributed by atoms with E-state index >= 15 is 0 Å². The van der Waals surface area contributed by atoms with Gasteiger partial charge in [-0.15, -0.1) is 0 Å². The van der Waals surface area contributed by atoms with Gasteiger partial charge in [-0.3, -0.25) is 4.79 Å². The Hall–Kier alpha value is -2.43. The SMILES string of the molecule is Cn1cnc2c1C(=O)c1ccccc1C2=NOC(C)(C)C. The molecule has 2 aromatic rings. The van der Waals surface area contributed by atoms with E-state index in [0.717, 1.165) is 5.56 Å². The van der Waals surface area contributed by atoms with E-state index in [0.29, 0.717) is 22.7 Å². The number of aryl methyl sites for hydroxylation is 1. The molecule has 1 aromatic heterocycles. The molecule has 5 nitrogen and oxygen atoms in total. The lowest BCUT2D eigenvalue weighted by Gasteiger charge is -2.20. The summed E-state index contributed by atoms with van der Waals surface area (Å²) in [6.45, 7) is 5.78. The van der Waals surface area contributed by atoms with Crippen molar-refractivity contribution in [2.45, 2.75) is 26.4 Å². The van der Waals surface area contributed by atoms with E-state index in [1.807, 2.05) is 39.0 Å². The van der Waals surface area contributed by atoms with Crippen LogP contribution in [0.3, 0.4) is 0 Å². The predicted octanol–water partition coefficient (Wildman–Crippen LogP) is 2.53. The molecule has 0 radical (unpaired) electrons. The van der Waals surface area contributed by atoms with E-state index < -0.39 is 5.60 Å². The van der Waals surface area contributed by atoms with Crippen LogP contribution in [0.5, 0.6) is 0 Å². The Bertz CT molecular complexity index is 751. The molecular formula is C16H17N3O2. The maximum atomic E-state index is 12.6. The number of aromatic nitrogens is 2. The molecule has 0 atom stereocenters. The number of rotatable bonds is 1. The van der Waals surface area contributed by atoms with Gasteiger partial charge in [0.25, 0.3) is 0 Å². The summed E-state index contributed by atoms with van der Waals surface area (Å²) >= 11 is 0. The van der Waals surface area contributed by atoms with Crippen molar-refractivity contribution in [3.63, 3.8) is 0 Å². The van der Waals surface area contributed by atoms with Crippen molar-refractivity contribution in [3.05, 3.63) is 53.1 Å². The molecule has 0 aliphatic heterocycles. The first-order valence-electron chi connectivity index (χ1n) is 6.80. The van der Waals surface area contributed by atoms with E-state index in [1.165, 1.54) is 0 Å². The minimum Gasteiger partial charge on any atom is -0.390 e. The summed E-state index contributed by atoms with van der Waals surface area (Å²) in [5.41, 5.74) is 2.71. The lowest BCUT2D eigenvalue weighted by atomic mass is 9.89. The van der Waals surface area contributed by atoms with Gasteiger partial charge in [0.2, 0.25) is 5.78 Å². The van der Waals surface area contributed by atoms with Gasteiger partial charge in [0, 0.05) is 18.2 Å². The van der Waals surface area contributed by atoms with Gasteiger partial charge in [0.05, 0.1) is 6.33 Å². The summed E-state index contributed by atoms with van der Waals surface area (Å²) in [6.07, 6.45) is 1.63. The number of carbonyl (C=O) groups excluding carboxylic acids is 1. The number of ketones is 1. The van der Waals surface area contributed by atoms with Gasteiger partial charge in [-0.1, -0.05) is 29.4 Å². The van der Waals surface area contributed by atoms with Crippen LogP contribution in [0, 0.1) is 0 Å². The Kier molecular flexibility index (Phi) is 2.93. The molecule has 1 heterocycles. The number of nitrogens with zero attached hydrogens (tertiary/aromatic N) is 3. The quantitative estimate of drug-likeness (QED) is 0.645. The fraction of sp³-hybridized carbons (Fsp3) is 0.312. The zero-order valence-electron chi connectivity index (χ0n) is 12.5. The standard InChI is InChI=1S/C16H17N3O2/c1-16(2,3)21-18-12-10-7-5-6-8-11(10)15(20)14-13(12)17-9-19(14)4/h5-9H,1-4H3. The number of hydrogen-bond donors (Lipinski definition) is 0. The normalized spacial score (nSPS) is 15.8. The summed E-state index contributed by atoms with van der Waals surface area (Å²) < 4.78 is 1.72. The third kappa shape index (κ3) is 2.24. The maximum Gasteiger partial charge on any atom is 0.212 e. The smallest absolute Gasteiger partial charge is 0.212 e. The molecule has 0 bridgehead atoms. The van der Waals surface area contributed by atoms with Crippen molar-refractivity contribution in [2.24, 2.45) is 12.2 Å². The molecule has 0 saturated heterocycles. The molecule has 0 spiro atoms. The van der Waals surface area contributed by atoms with Crippen molar-refractivity contribution in [3.8, 4) is 0 Å². The summed E-state index contributed by atoms with van der Waals surface area (Å²) in [5.74, 6) is -0.0321. The molecule has 0 unspecified atom stereocenters. The van der Waals surface area contributed by atoms with Gasteiger partial charge in [-0.05, 0) is 20.8 Å². The van der Waals surface area contributed by atoms with Gasteiger partial charge >= 0.3 is 0 Å². The largest absolute Gasteiger partial charge is 0.390 e. The third-order valence-corrected chi connectivity index (χ3v) is 3.21. The molecule has 0 N–H and O–H groups in total. The van der Waals surface area contributed by atoms with Gasteiger partial charge in [-0.25, -0.2) is 4.98 Å². The number of fused-ring (bicyclic) bond motifs is 2. The zero-order chi connectivity index (χ0) is 15.2.